The lowest BCUT2D eigenvalue weighted by atomic mass is 9.99. The first kappa shape index (κ1) is 22.7. The third-order valence-electron chi connectivity index (χ3n) is 6.20. The summed E-state index contributed by atoms with van der Waals surface area (Å²) in [5.74, 6) is -1.46. The number of likely N-dealkylation sites (tertiary alicyclic amines) is 1. The number of carbonyl (C=O) groups excluding carboxylic acids is 1. The summed E-state index contributed by atoms with van der Waals surface area (Å²) in [6.45, 7) is 2.97. The standard InChI is InChI=1S/C24H24ClF2N5O2/c25-17-4-6-21(7-5-17)32-23(16-10-18(26)12-19(27)11-16)22(34-24(32)33)15-31-14-20(28-29-31)13-30-8-2-1-3-9-30/h4-7,10-12,14,22-23H,1-3,8-9,13,15H2/t22-,23-/m0/s1. The molecule has 10 heteroatoms. The first-order chi connectivity index (χ1) is 16.5. The van der Waals surface area contributed by atoms with Gasteiger partial charge in [-0.1, -0.05) is 23.2 Å². The van der Waals surface area contributed by atoms with Crippen LogP contribution in [0.4, 0.5) is 19.3 Å². The third-order valence-corrected chi connectivity index (χ3v) is 6.45. The molecule has 3 heterocycles. The summed E-state index contributed by atoms with van der Waals surface area (Å²) in [4.78, 5) is 16.6. The molecule has 5 rings (SSSR count). The van der Waals surface area contributed by atoms with E-state index in [1.807, 2.05) is 6.20 Å². The summed E-state index contributed by atoms with van der Waals surface area (Å²) < 4.78 is 35.5. The summed E-state index contributed by atoms with van der Waals surface area (Å²) in [5.41, 5.74) is 1.63. The number of benzene rings is 2. The van der Waals surface area contributed by atoms with Crippen molar-refractivity contribution in [3.05, 3.63) is 76.6 Å². The molecule has 2 aromatic carbocycles. The highest BCUT2D eigenvalue weighted by atomic mass is 35.5. The maximum atomic E-state index is 14.1. The van der Waals surface area contributed by atoms with Gasteiger partial charge in [0.15, 0.2) is 0 Å². The number of carbonyl (C=O) groups is 1. The second-order valence-corrected chi connectivity index (χ2v) is 9.12. The zero-order valence-corrected chi connectivity index (χ0v) is 19.2. The number of halogens is 3. The molecule has 3 aromatic rings. The van der Waals surface area contributed by atoms with E-state index in [1.54, 1.807) is 28.9 Å². The Kier molecular flexibility index (Phi) is 6.47. The Balaban J connectivity index is 1.42. The van der Waals surface area contributed by atoms with Gasteiger partial charge in [-0.15, -0.1) is 5.10 Å². The molecule has 2 atom stereocenters. The van der Waals surface area contributed by atoms with E-state index in [9.17, 15) is 13.6 Å². The summed E-state index contributed by atoms with van der Waals surface area (Å²) in [6, 6.07) is 9.09. The van der Waals surface area contributed by atoms with E-state index in [1.165, 1.54) is 36.3 Å². The molecule has 7 nitrogen and oxygen atoms in total. The van der Waals surface area contributed by atoms with Crippen molar-refractivity contribution >= 4 is 23.4 Å². The van der Waals surface area contributed by atoms with Gasteiger partial charge >= 0.3 is 6.09 Å². The Morgan fingerprint density at radius 2 is 1.74 bits per heavy atom. The smallest absolute Gasteiger partial charge is 0.415 e. The summed E-state index contributed by atoms with van der Waals surface area (Å²) in [5, 5.41) is 8.98. The zero-order chi connectivity index (χ0) is 23.7. The number of piperidine rings is 1. The van der Waals surface area contributed by atoms with Gasteiger partial charge in [0.25, 0.3) is 0 Å². The highest BCUT2D eigenvalue weighted by molar-refractivity contribution is 6.30. The van der Waals surface area contributed by atoms with Gasteiger partial charge in [0.2, 0.25) is 0 Å². The van der Waals surface area contributed by atoms with Crippen LogP contribution in [0.3, 0.4) is 0 Å². The van der Waals surface area contributed by atoms with E-state index in [-0.39, 0.29) is 12.1 Å². The van der Waals surface area contributed by atoms with Crippen molar-refractivity contribution in [2.75, 3.05) is 18.0 Å². The molecule has 1 amide bonds. The molecule has 34 heavy (non-hydrogen) atoms. The average molecular weight is 488 g/mol. The maximum Gasteiger partial charge on any atom is 0.415 e. The average Bonchev–Trinajstić information content (AvgIpc) is 3.38. The molecule has 2 aliphatic heterocycles. The highest BCUT2D eigenvalue weighted by Gasteiger charge is 2.44. The largest absolute Gasteiger partial charge is 0.441 e. The predicted molar refractivity (Wildman–Crippen MR) is 122 cm³/mol. The van der Waals surface area contributed by atoms with Crippen LogP contribution in [0.5, 0.6) is 0 Å². The molecule has 0 bridgehead atoms. The minimum atomic E-state index is -0.770. The number of hydrogen-bond acceptors (Lipinski definition) is 5. The highest BCUT2D eigenvalue weighted by Crippen LogP contribution is 2.39. The molecular weight excluding hydrogens is 464 g/mol. The van der Waals surface area contributed by atoms with Crippen LogP contribution in [0, 0.1) is 11.6 Å². The van der Waals surface area contributed by atoms with Crippen LogP contribution in [0.2, 0.25) is 5.02 Å². The van der Waals surface area contributed by atoms with Crippen LogP contribution in [-0.2, 0) is 17.8 Å². The quantitative estimate of drug-likeness (QED) is 0.491. The van der Waals surface area contributed by atoms with E-state index in [4.69, 9.17) is 16.3 Å². The zero-order valence-electron chi connectivity index (χ0n) is 18.4. The second kappa shape index (κ2) is 9.68. The Bertz CT molecular complexity index is 1150. The third kappa shape index (κ3) is 4.90. The lowest BCUT2D eigenvalue weighted by Gasteiger charge is -2.25. The second-order valence-electron chi connectivity index (χ2n) is 8.68. The minimum Gasteiger partial charge on any atom is -0.441 e. The molecule has 0 saturated carbocycles. The first-order valence-electron chi connectivity index (χ1n) is 11.3. The van der Waals surface area contributed by atoms with E-state index < -0.39 is 29.9 Å². The van der Waals surface area contributed by atoms with Crippen molar-refractivity contribution in [1.82, 2.24) is 19.9 Å². The fourth-order valence-electron chi connectivity index (χ4n) is 4.68. The van der Waals surface area contributed by atoms with Gasteiger partial charge in [0.1, 0.15) is 23.8 Å². The number of nitrogens with zero attached hydrogens (tertiary/aromatic N) is 5. The van der Waals surface area contributed by atoms with Crippen molar-refractivity contribution in [1.29, 1.82) is 0 Å². The number of rotatable bonds is 6. The van der Waals surface area contributed by atoms with E-state index in [0.29, 0.717) is 17.3 Å². The van der Waals surface area contributed by atoms with Gasteiger partial charge in [0, 0.05) is 29.5 Å². The summed E-state index contributed by atoms with van der Waals surface area (Å²) >= 11 is 6.00. The van der Waals surface area contributed by atoms with E-state index in [0.717, 1.165) is 24.8 Å². The van der Waals surface area contributed by atoms with Gasteiger partial charge in [0.05, 0.1) is 12.2 Å². The molecule has 1 aromatic heterocycles. The number of anilines is 1. The topological polar surface area (TPSA) is 63.5 Å². The molecule has 178 valence electrons. The normalized spacial score (nSPS) is 21.1. The number of ether oxygens (including phenoxy) is 1. The molecule has 0 spiro atoms. The molecule has 2 fully saturated rings. The van der Waals surface area contributed by atoms with Crippen molar-refractivity contribution < 1.29 is 18.3 Å². The summed E-state index contributed by atoms with van der Waals surface area (Å²) in [7, 11) is 0. The van der Waals surface area contributed by atoms with Crippen LogP contribution in [0.1, 0.15) is 36.6 Å². The monoisotopic (exact) mass is 487 g/mol. The van der Waals surface area contributed by atoms with Crippen molar-refractivity contribution in [3.63, 3.8) is 0 Å². The van der Waals surface area contributed by atoms with Gasteiger partial charge in [-0.2, -0.15) is 0 Å². The van der Waals surface area contributed by atoms with E-state index >= 15 is 0 Å². The Hall–Kier alpha value is -3.04. The molecule has 2 saturated heterocycles. The van der Waals surface area contributed by atoms with E-state index in [2.05, 4.69) is 15.2 Å². The van der Waals surface area contributed by atoms with Crippen LogP contribution in [-0.4, -0.2) is 45.2 Å². The number of cyclic esters (lactones) is 1. The fourth-order valence-corrected chi connectivity index (χ4v) is 4.80. The Morgan fingerprint density at radius 1 is 1.03 bits per heavy atom. The van der Waals surface area contributed by atoms with Gasteiger partial charge in [-0.3, -0.25) is 9.80 Å². The molecule has 0 unspecified atom stereocenters. The molecule has 0 radical (unpaired) electrons. The first-order valence-corrected chi connectivity index (χ1v) is 11.7. The van der Waals surface area contributed by atoms with Gasteiger partial charge in [-0.05, 0) is 67.9 Å². The van der Waals surface area contributed by atoms with Crippen LogP contribution in [0.25, 0.3) is 0 Å². The lowest BCUT2D eigenvalue weighted by Crippen LogP contribution is -2.31. The summed E-state index contributed by atoms with van der Waals surface area (Å²) in [6.07, 6.45) is 4.08. The van der Waals surface area contributed by atoms with Crippen molar-refractivity contribution in [3.8, 4) is 0 Å². The molecule has 2 aliphatic rings. The number of aromatic nitrogens is 3. The minimum absolute atomic E-state index is 0.186. The Labute approximate surface area is 200 Å². The van der Waals surface area contributed by atoms with Crippen molar-refractivity contribution in [2.45, 2.75) is 44.5 Å². The van der Waals surface area contributed by atoms with Gasteiger partial charge in [-0.25, -0.2) is 18.3 Å². The lowest BCUT2D eigenvalue weighted by molar-refractivity contribution is 0.117. The predicted octanol–water partition coefficient (Wildman–Crippen LogP) is 4.96. The number of hydrogen-bond donors (Lipinski definition) is 0. The van der Waals surface area contributed by atoms with Crippen LogP contribution in [0.15, 0.2) is 48.7 Å². The number of amides is 1. The SMILES string of the molecule is O=C1O[C@@H](Cn2cc(CN3CCCCC3)nn2)[C@H](c2cc(F)cc(F)c2)N1c1ccc(Cl)cc1. The fraction of sp³-hybridized carbons (Fsp3) is 0.375. The molecule has 0 N–H and O–H groups in total. The van der Waals surface area contributed by atoms with Crippen molar-refractivity contribution in [2.24, 2.45) is 0 Å². The van der Waals surface area contributed by atoms with Gasteiger partial charge < -0.3 is 4.74 Å². The van der Waals surface area contributed by atoms with Crippen LogP contribution >= 0.6 is 11.6 Å². The molecule has 0 aliphatic carbocycles. The molecular formula is C24H24ClF2N5O2. The van der Waals surface area contributed by atoms with Crippen LogP contribution < -0.4 is 4.90 Å². The Morgan fingerprint density at radius 3 is 2.44 bits per heavy atom. The maximum absolute atomic E-state index is 14.1.